The van der Waals surface area contributed by atoms with Crippen molar-refractivity contribution < 1.29 is 9.47 Å². The second-order valence-corrected chi connectivity index (χ2v) is 5.24. The number of hydrogen-bond donors (Lipinski definition) is 2. The van der Waals surface area contributed by atoms with Gasteiger partial charge < -0.3 is 20.5 Å². The highest BCUT2D eigenvalue weighted by molar-refractivity contribution is 5.75. The largest absolute Gasteiger partial charge is 0.494 e. The minimum Gasteiger partial charge on any atom is -0.494 e. The minimum atomic E-state index is 0.255. The van der Waals surface area contributed by atoms with Gasteiger partial charge in [0.25, 0.3) is 0 Å². The number of benzene rings is 2. The Hall–Kier alpha value is -2.20. The molecule has 1 unspecified atom stereocenters. The number of rotatable bonds is 7. The van der Waals surface area contributed by atoms with Gasteiger partial charge in [-0.15, -0.1) is 0 Å². The third-order valence-electron chi connectivity index (χ3n) is 3.78. The van der Waals surface area contributed by atoms with Gasteiger partial charge in [0.1, 0.15) is 11.4 Å². The molecule has 0 bridgehead atoms. The highest BCUT2D eigenvalue weighted by Gasteiger charge is 2.14. The van der Waals surface area contributed by atoms with Crippen molar-refractivity contribution in [2.24, 2.45) is 0 Å². The first-order chi connectivity index (χ1) is 10.7. The Morgan fingerprint density at radius 2 is 1.82 bits per heavy atom. The summed E-state index contributed by atoms with van der Waals surface area (Å²) in [4.78, 5) is 0. The van der Waals surface area contributed by atoms with Gasteiger partial charge in [0, 0.05) is 19.6 Å². The number of methoxy groups -OCH3 is 2. The summed E-state index contributed by atoms with van der Waals surface area (Å²) in [6.07, 6.45) is 0. The molecule has 0 aliphatic heterocycles. The quantitative estimate of drug-likeness (QED) is 0.607. The van der Waals surface area contributed by atoms with Crippen LogP contribution in [0.2, 0.25) is 0 Å². The molecule has 0 amide bonds. The number of ether oxygens (including phenoxy) is 2. The van der Waals surface area contributed by atoms with Crippen molar-refractivity contribution in [3.05, 3.63) is 53.6 Å². The van der Waals surface area contributed by atoms with E-state index in [2.05, 4.69) is 24.4 Å². The van der Waals surface area contributed by atoms with Crippen LogP contribution in [0.1, 0.15) is 24.0 Å². The van der Waals surface area contributed by atoms with Gasteiger partial charge in [0.15, 0.2) is 0 Å². The number of nitrogens with one attached hydrogen (secondary N) is 1. The van der Waals surface area contributed by atoms with Gasteiger partial charge >= 0.3 is 0 Å². The van der Waals surface area contributed by atoms with Gasteiger partial charge in [-0.25, -0.2) is 0 Å². The Labute approximate surface area is 132 Å². The smallest absolute Gasteiger partial charge is 0.144 e. The molecular weight excluding hydrogens is 276 g/mol. The van der Waals surface area contributed by atoms with Crippen LogP contribution in [-0.2, 0) is 4.74 Å². The highest BCUT2D eigenvalue weighted by Crippen LogP contribution is 2.36. The van der Waals surface area contributed by atoms with Gasteiger partial charge in [-0.2, -0.15) is 0 Å². The lowest BCUT2D eigenvalue weighted by molar-refractivity contribution is 0.210. The van der Waals surface area contributed by atoms with Crippen LogP contribution in [0.3, 0.4) is 0 Å². The molecule has 2 aromatic carbocycles. The lowest BCUT2D eigenvalue weighted by atomic mass is 9.92. The van der Waals surface area contributed by atoms with E-state index >= 15 is 0 Å². The van der Waals surface area contributed by atoms with Crippen LogP contribution in [0.15, 0.2) is 42.5 Å². The minimum absolute atomic E-state index is 0.255. The molecule has 4 heteroatoms. The fraction of sp³-hybridized carbons (Fsp3) is 0.333. The third kappa shape index (κ3) is 3.71. The first-order valence-corrected chi connectivity index (χ1v) is 7.42. The van der Waals surface area contributed by atoms with Gasteiger partial charge in [0.2, 0.25) is 0 Å². The van der Waals surface area contributed by atoms with Crippen molar-refractivity contribution >= 4 is 11.4 Å². The summed E-state index contributed by atoms with van der Waals surface area (Å²) < 4.78 is 10.6. The van der Waals surface area contributed by atoms with Crippen molar-refractivity contribution in [1.82, 2.24) is 0 Å². The molecule has 0 fully saturated rings. The van der Waals surface area contributed by atoms with Crippen LogP contribution in [0.4, 0.5) is 11.4 Å². The van der Waals surface area contributed by atoms with E-state index in [0.29, 0.717) is 18.8 Å². The van der Waals surface area contributed by atoms with Crippen LogP contribution < -0.4 is 15.8 Å². The molecule has 118 valence electrons. The molecular formula is C18H24N2O2. The van der Waals surface area contributed by atoms with E-state index in [1.165, 1.54) is 5.56 Å². The van der Waals surface area contributed by atoms with Gasteiger partial charge in [-0.3, -0.25) is 0 Å². The summed E-state index contributed by atoms with van der Waals surface area (Å²) in [7, 11) is 3.33. The zero-order chi connectivity index (χ0) is 15.9. The second-order valence-electron chi connectivity index (χ2n) is 5.24. The average molecular weight is 300 g/mol. The van der Waals surface area contributed by atoms with Crippen molar-refractivity contribution in [3.8, 4) is 5.75 Å². The molecule has 2 aromatic rings. The summed E-state index contributed by atoms with van der Waals surface area (Å²) in [5.41, 5.74) is 10.1. The molecule has 0 aliphatic carbocycles. The first kappa shape index (κ1) is 16.2. The van der Waals surface area contributed by atoms with E-state index in [0.717, 1.165) is 17.0 Å². The molecule has 0 saturated carbocycles. The molecule has 0 heterocycles. The van der Waals surface area contributed by atoms with E-state index < -0.39 is 0 Å². The Kier molecular flexibility index (Phi) is 5.67. The standard InChI is InChI=1S/C18H24N2O2/c1-13(14-7-5-4-6-8-14)15-11-16(19)18(17(12-15)22-3)20-9-10-21-2/h4-8,11-13,20H,9-10,19H2,1-3H3. The lowest BCUT2D eigenvalue weighted by Gasteiger charge is -2.19. The number of hydrogen-bond acceptors (Lipinski definition) is 4. The normalized spacial score (nSPS) is 12.0. The van der Waals surface area contributed by atoms with E-state index in [-0.39, 0.29) is 5.92 Å². The third-order valence-corrected chi connectivity index (χ3v) is 3.78. The van der Waals surface area contributed by atoms with E-state index in [1.54, 1.807) is 14.2 Å². The van der Waals surface area contributed by atoms with Crippen molar-refractivity contribution in [2.75, 3.05) is 38.4 Å². The molecule has 0 aromatic heterocycles. The monoisotopic (exact) mass is 300 g/mol. The summed E-state index contributed by atoms with van der Waals surface area (Å²) in [6.45, 7) is 3.47. The molecule has 0 saturated heterocycles. The zero-order valence-electron chi connectivity index (χ0n) is 13.4. The Balaban J connectivity index is 2.29. The number of nitrogen functional groups attached to an aromatic ring is 1. The average Bonchev–Trinajstić information content (AvgIpc) is 2.56. The van der Waals surface area contributed by atoms with Gasteiger partial charge in [-0.1, -0.05) is 37.3 Å². The van der Waals surface area contributed by atoms with E-state index in [4.69, 9.17) is 15.2 Å². The van der Waals surface area contributed by atoms with Crippen LogP contribution in [0.5, 0.6) is 5.75 Å². The molecule has 0 spiro atoms. The summed E-state index contributed by atoms with van der Waals surface area (Å²) >= 11 is 0. The predicted molar refractivity (Wildman–Crippen MR) is 91.7 cm³/mol. The molecule has 2 rings (SSSR count). The molecule has 0 radical (unpaired) electrons. The second kappa shape index (κ2) is 7.71. The molecule has 0 aliphatic rings. The van der Waals surface area contributed by atoms with E-state index in [1.807, 2.05) is 30.3 Å². The SMILES string of the molecule is COCCNc1c(N)cc(C(C)c2ccccc2)cc1OC. The molecule has 1 atom stereocenters. The van der Waals surface area contributed by atoms with Gasteiger partial charge in [-0.05, 0) is 23.3 Å². The molecule has 22 heavy (non-hydrogen) atoms. The topological polar surface area (TPSA) is 56.5 Å². The number of nitrogens with two attached hydrogens (primary N) is 1. The Morgan fingerprint density at radius 1 is 1.09 bits per heavy atom. The first-order valence-electron chi connectivity index (χ1n) is 7.42. The molecule has 3 N–H and O–H groups in total. The molecule has 4 nitrogen and oxygen atoms in total. The van der Waals surface area contributed by atoms with Crippen LogP contribution >= 0.6 is 0 Å². The summed E-state index contributed by atoms with van der Waals surface area (Å²) in [6, 6.07) is 14.4. The Morgan fingerprint density at radius 3 is 2.45 bits per heavy atom. The van der Waals surface area contributed by atoms with Crippen molar-refractivity contribution in [1.29, 1.82) is 0 Å². The summed E-state index contributed by atoms with van der Waals surface area (Å²) in [5.74, 6) is 1.01. The van der Waals surface area contributed by atoms with E-state index in [9.17, 15) is 0 Å². The fourth-order valence-electron chi connectivity index (χ4n) is 2.47. The van der Waals surface area contributed by atoms with Crippen LogP contribution in [0, 0.1) is 0 Å². The summed E-state index contributed by atoms with van der Waals surface area (Å²) in [5, 5.41) is 3.26. The highest BCUT2D eigenvalue weighted by atomic mass is 16.5. The van der Waals surface area contributed by atoms with Gasteiger partial charge in [0.05, 0.1) is 19.4 Å². The predicted octanol–water partition coefficient (Wildman–Crippen LogP) is 3.49. The lowest BCUT2D eigenvalue weighted by Crippen LogP contribution is -2.11. The zero-order valence-corrected chi connectivity index (χ0v) is 13.4. The maximum Gasteiger partial charge on any atom is 0.144 e. The van der Waals surface area contributed by atoms with Crippen LogP contribution in [0.25, 0.3) is 0 Å². The maximum atomic E-state index is 6.21. The maximum absolute atomic E-state index is 6.21. The van der Waals surface area contributed by atoms with Crippen molar-refractivity contribution in [3.63, 3.8) is 0 Å². The van der Waals surface area contributed by atoms with Crippen molar-refractivity contribution in [2.45, 2.75) is 12.8 Å². The Bertz CT molecular complexity index is 600. The number of anilines is 2. The fourth-order valence-corrected chi connectivity index (χ4v) is 2.47. The van der Waals surface area contributed by atoms with Crippen LogP contribution in [-0.4, -0.2) is 27.4 Å².